The Morgan fingerprint density at radius 3 is 2.54 bits per heavy atom. The van der Waals surface area contributed by atoms with E-state index < -0.39 is 0 Å². The number of hydrogen-bond donors (Lipinski definition) is 2. The highest BCUT2D eigenvalue weighted by Crippen LogP contribution is 2.22. The SMILES string of the molecule is O=C(NCc1cccc[n+]1[O-])c1cccc(-c2ccc(O)cc2)c1. The molecule has 0 aliphatic heterocycles. The molecule has 0 radical (unpaired) electrons. The molecule has 0 unspecified atom stereocenters. The second-order valence-corrected chi connectivity index (χ2v) is 5.33. The minimum absolute atomic E-state index is 0.159. The fraction of sp³-hybridized carbons (Fsp3) is 0.0526. The Balaban J connectivity index is 1.75. The second-order valence-electron chi connectivity index (χ2n) is 5.33. The number of carbonyl (C=O) groups excluding carboxylic acids is 1. The lowest BCUT2D eigenvalue weighted by atomic mass is 10.0. The van der Waals surface area contributed by atoms with Crippen LogP contribution in [-0.4, -0.2) is 11.0 Å². The topological polar surface area (TPSA) is 76.3 Å². The summed E-state index contributed by atoms with van der Waals surface area (Å²) in [6.45, 7) is 0.159. The van der Waals surface area contributed by atoms with Crippen molar-refractivity contribution in [2.75, 3.05) is 0 Å². The first-order chi connectivity index (χ1) is 11.6. The normalized spacial score (nSPS) is 10.3. The summed E-state index contributed by atoms with van der Waals surface area (Å²) in [6.07, 6.45) is 1.40. The summed E-state index contributed by atoms with van der Waals surface area (Å²) in [5.74, 6) is -0.0547. The molecule has 0 aliphatic rings. The Labute approximate surface area is 139 Å². The summed E-state index contributed by atoms with van der Waals surface area (Å²) < 4.78 is 0.729. The van der Waals surface area contributed by atoms with Crippen LogP contribution in [0.15, 0.2) is 72.9 Å². The van der Waals surface area contributed by atoms with E-state index in [0.717, 1.165) is 15.9 Å². The van der Waals surface area contributed by atoms with Gasteiger partial charge in [0.05, 0.1) is 0 Å². The number of nitrogens with one attached hydrogen (secondary N) is 1. The Morgan fingerprint density at radius 1 is 1.00 bits per heavy atom. The molecule has 5 heteroatoms. The van der Waals surface area contributed by atoms with Crippen molar-refractivity contribution in [3.8, 4) is 16.9 Å². The van der Waals surface area contributed by atoms with Crippen molar-refractivity contribution in [2.24, 2.45) is 0 Å². The Bertz CT molecular complexity index is 860. The summed E-state index contributed by atoms with van der Waals surface area (Å²) >= 11 is 0. The lowest BCUT2D eigenvalue weighted by Crippen LogP contribution is -2.35. The van der Waals surface area contributed by atoms with E-state index in [1.165, 1.54) is 6.20 Å². The van der Waals surface area contributed by atoms with Crippen LogP contribution >= 0.6 is 0 Å². The van der Waals surface area contributed by atoms with E-state index in [1.807, 2.05) is 6.07 Å². The van der Waals surface area contributed by atoms with Gasteiger partial charge in [0.15, 0.2) is 6.20 Å². The lowest BCUT2D eigenvalue weighted by molar-refractivity contribution is -0.614. The first-order valence-electron chi connectivity index (χ1n) is 7.48. The molecule has 2 N–H and O–H groups in total. The van der Waals surface area contributed by atoms with Gasteiger partial charge in [-0.2, -0.15) is 4.73 Å². The molecule has 1 heterocycles. The van der Waals surface area contributed by atoms with Crippen LogP contribution in [0.5, 0.6) is 5.75 Å². The third-order valence-corrected chi connectivity index (χ3v) is 3.66. The molecule has 5 nitrogen and oxygen atoms in total. The van der Waals surface area contributed by atoms with Crippen LogP contribution in [0.2, 0.25) is 0 Å². The van der Waals surface area contributed by atoms with E-state index in [-0.39, 0.29) is 18.2 Å². The van der Waals surface area contributed by atoms with Crippen LogP contribution in [0.4, 0.5) is 0 Å². The zero-order valence-electron chi connectivity index (χ0n) is 12.8. The molecular formula is C19H16N2O3. The van der Waals surface area contributed by atoms with Gasteiger partial charge in [-0.05, 0) is 41.5 Å². The molecule has 2 aromatic carbocycles. The molecule has 0 saturated heterocycles. The molecule has 0 aliphatic carbocycles. The van der Waals surface area contributed by atoms with Crippen LogP contribution in [0, 0.1) is 5.21 Å². The number of phenols is 1. The molecule has 0 saturated carbocycles. The van der Waals surface area contributed by atoms with Crippen molar-refractivity contribution in [2.45, 2.75) is 6.54 Å². The number of pyridine rings is 1. The quantitative estimate of drug-likeness (QED) is 0.573. The van der Waals surface area contributed by atoms with E-state index in [9.17, 15) is 15.1 Å². The van der Waals surface area contributed by atoms with E-state index in [2.05, 4.69) is 5.32 Å². The number of phenolic OH excluding ortho intramolecular Hbond substituents is 1. The van der Waals surface area contributed by atoms with E-state index in [4.69, 9.17) is 0 Å². The zero-order valence-corrected chi connectivity index (χ0v) is 12.8. The van der Waals surface area contributed by atoms with E-state index in [0.29, 0.717) is 11.3 Å². The summed E-state index contributed by atoms with van der Waals surface area (Å²) in [5, 5.41) is 23.7. The van der Waals surface area contributed by atoms with Crippen molar-refractivity contribution in [1.29, 1.82) is 0 Å². The molecule has 1 aromatic heterocycles. The average Bonchev–Trinajstić information content (AvgIpc) is 2.61. The number of aromatic hydroxyl groups is 1. The number of rotatable bonds is 4. The maximum absolute atomic E-state index is 12.3. The van der Waals surface area contributed by atoms with Crippen LogP contribution in [-0.2, 0) is 6.54 Å². The van der Waals surface area contributed by atoms with E-state index >= 15 is 0 Å². The molecule has 24 heavy (non-hydrogen) atoms. The van der Waals surface area contributed by atoms with Gasteiger partial charge < -0.3 is 15.6 Å². The van der Waals surface area contributed by atoms with Crippen LogP contribution < -0.4 is 10.0 Å². The van der Waals surface area contributed by atoms with Crippen molar-refractivity contribution in [3.63, 3.8) is 0 Å². The predicted molar refractivity (Wildman–Crippen MR) is 90.1 cm³/mol. The van der Waals surface area contributed by atoms with Crippen LogP contribution in [0.1, 0.15) is 16.1 Å². The summed E-state index contributed by atoms with van der Waals surface area (Å²) in [4.78, 5) is 12.3. The third kappa shape index (κ3) is 3.52. The fourth-order valence-electron chi connectivity index (χ4n) is 2.37. The molecule has 120 valence electrons. The lowest BCUT2D eigenvalue weighted by Gasteiger charge is -2.08. The number of hydrogen-bond acceptors (Lipinski definition) is 3. The Hall–Kier alpha value is -3.34. The van der Waals surface area contributed by atoms with Gasteiger partial charge in [-0.1, -0.05) is 24.3 Å². The van der Waals surface area contributed by atoms with Crippen molar-refractivity contribution >= 4 is 5.91 Å². The minimum Gasteiger partial charge on any atom is -0.618 e. The second kappa shape index (κ2) is 6.83. The van der Waals surface area contributed by atoms with Gasteiger partial charge in [0.2, 0.25) is 5.69 Å². The zero-order chi connectivity index (χ0) is 16.9. The van der Waals surface area contributed by atoms with Gasteiger partial charge in [-0.15, -0.1) is 0 Å². The molecule has 0 bridgehead atoms. The molecule has 0 fully saturated rings. The van der Waals surface area contributed by atoms with Gasteiger partial charge in [-0.25, -0.2) is 0 Å². The van der Waals surface area contributed by atoms with Gasteiger partial charge >= 0.3 is 0 Å². The molecule has 0 atom stereocenters. The molecular weight excluding hydrogens is 304 g/mol. The maximum atomic E-state index is 12.3. The van der Waals surface area contributed by atoms with Gasteiger partial charge in [0, 0.05) is 17.7 Å². The van der Waals surface area contributed by atoms with Crippen LogP contribution in [0.25, 0.3) is 11.1 Å². The standard InChI is InChI=1S/C19H16N2O3/c22-18-9-7-14(8-10-18)15-4-3-5-16(12-15)19(23)20-13-17-6-1-2-11-21(17)24/h1-12,22H,13H2,(H,20,23). The predicted octanol–water partition coefficient (Wildman–Crippen LogP) is 2.62. The largest absolute Gasteiger partial charge is 0.618 e. The molecule has 1 amide bonds. The molecule has 3 aromatic rings. The average molecular weight is 320 g/mol. The monoisotopic (exact) mass is 320 g/mol. The number of carbonyl (C=O) groups is 1. The highest BCUT2D eigenvalue weighted by atomic mass is 16.5. The number of benzene rings is 2. The van der Waals surface area contributed by atoms with Crippen molar-refractivity contribution in [1.82, 2.24) is 5.32 Å². The number of aromatic nitrogens is 1. The summed E-state index contributed by atoms with van der Waals surface area (Å²) in [7, 11) is 0. The van der Waals surface area contributed by atoms with Crippen molar-refractivity contribution < 1.29 is 14.6 Å². The maximum Gasteiger partial charge on any atom is 0.251 e. The summed E-state index contributed by atoms with van der Waals surface area (Å²) in [5.41, 5.74) is 2.76. The first kappa shape index (κ1) is 15.6. The van der Waals surface area contributed by atoms with Crippen molar-refractivity contribution in [3.05, 3.63) is 89.4 Å². The fourth-order valence-corrected chi connectivity index (χ4v) is 2.37. The minimum atomic E-state index is -0.250. The first-order valence-corrected chi connectivity index (χ1v) is 7.48. The Morgan fingerprint density at radius 2 is 1.79 bits per heavy atom. The third-order valence-electron chi connectivity index (χ3n) is 3.66. The highest BCUT2D eigenvalue weighted by Gasteiger charge is 2.10. The van der Waals surface area contributed by atoms with E-state index in [1.54, 1.807) is 60.7 Å². The van der Waals surface area contributed by atoms with Crippen LogP contribution in [0.3, 0.4) is 0 Å². The van der Waals surface area contributed by atoms with Gasteiger partial charge in [0.25, 0.3) is 5.91 Å². The highest BCUT2D eigenvalue weighted by molar-refractivity contribution is 5.95. The molecule has 0 spiro atoms. The smallest absolute Gasteiger partial charge is 0.251 e. The number of amides is 1. The molecule has 3 rings (SSSR count). The Kier molecular flexibility index (Phi) is 4.43. The summed E-state index contributed by atoms with van der Waals surface area (Å²) in [6, 6.07) is 19.0. The van der Waals surface area contributed by atoms with Gasteiger partial charge in [-0.3, -0.25) is 4.79 Å². The number of nitrogens with zero attached hydrogens (tertiary/aromatic N) is 1. The van der Waals surface area contributed by atoms with Gasteiger partial charge in [0.1, 0.15) is 12.3 Å².